The summed E-state index contributed by atoms with van der Waals surface area (Å²) in [4.78, 5) is 54.9. The number of ether oxygens (including phenoxy) is 3. The zero-order chi connectivity index (χ0) is 37.6. The van der Waals surface area contributed by atoms with Gasteiger partial charge in [0.15, 0.2) is 0 Å². The average molecular weight is 718 g/mol. The number of carbonyl (C=O) groups is 3. The van der Waals surface area contributed by atoms with E-state index in [1.807, 2.05) is 112 Å². The van der Waals surface area contributed by atoms with Gasteiger partial charge in [-0.3, -0.25) is 29.3 Å². The fourth-order valence-electron chi connectivity index (χ4n) is 7.00. The molecule has 0 amide bonds. The molecular weight excluding hydrogens is 679 g/mol. The van der Waals surface area contributed by atoms with Gasteiger partial charge >= 0.3 is 17.9 Å². The monoisotopic (exact) mass is 717 g/mol. The number of pyridine rings is 3. The molecule has 3 aromatic heterocycles. The largest absolute Gasteiger partial charge is 0.425 e. The molecule has 3 aromatic carbocycles. The number of aryl methyl sites for hydroxylation is 3. The van der Waals surface area contributed by atoms with Crippen molar-refractivity contribution in [1.82, 2.24) is 15.0 Å². The van der Waals surface area contributed by atoms with Crippen LogP contribution in [0.5, 0.6) is 17.2 Å². The van der Waals surface area contributed by atoms with E-state index in [0.29, 0.717) is 0 Å². The van der Waals surface area contributed by atoms with Gasteiger partial charge in [-0.15, -0.1) is 0 Å². The fraction of sp³-hybridized carbons (Fsp3) is 0.200. The lowest BCUT2D eigenvalue weighted by Crippen LogP contribution is -2.39. The molecule has 1 fully saturated rings. The van der Waals surface area contributed by atoms with Gasteiger partial charge in [0.1, 0.15) is 17.2 Å². The molecule has 0 unspecified atom stereocenters. The number of aromatic nitrogens is 3. The van der Waals surface area contributed by atoms with Crippen LogP contribution < -0.4 is 14.2 Å². The van der Waals surface area contributed by atoms with Crippen LogP contribution in [0.3, 0.4) is 0 Å². The van der Waals surface area contributed by atoms with Crippen LogP contribution in [0, 0.1) is 38.5 Å². The molecule has 0 saturated heterocycles. The van der Waals surface area contributed by atoms with E-state index in [1.54, 1.807) is 18.2 Å². The highest BCUT2D eigenvalue weighted by molar-refractivity contribution is 5.83. The summed E-state index contributed by atoms with van der Waals surface area (Å²) in [6.45, 7) is 5.70. The SMILES string of the molecule is Cc1cc(OC(=O)C2CC(C(=O)Oc3cnc(-c4ccccc4)c(C)c3)CC(C(=O)Oc3cnc(-c4ccccc4)c(C)c3)C2)cnc1-c1ccccc1. The number of nitrogens with zero attached hydrogens (tertiary/aromatic N) is 3. The zero-order valence-corrected chi connectivity index (χ0v) is 30.3. The first kappa shape index (κ1) is 35.9. The zero-order valence-electron chi connectivity index (χ0n) is 30.3. The molecule has 54 heavy (non-hydrogen) atoms. The number of benzene rings is 3. The van der Waals surface area contributed by atoms with Crippen molar-refractivity contribution < 1.29 is 28.6 Å². The predicted molar refractivity (Wildman–Crippen MR) is 204 cm³/mol. The maximum Gasteiger partial charge on any atom is 0.314 e. The maximum absolute atomic E-state index is 13.7. The van der Waals surface area contributed by atoms with Crippen molar-refractivity contribution in [2.45, 2.75) is 40.0 Å². The van der Waals surface area contributed by atoms with E-state index in [2.05, 4.69) is 15.0 Å². The van der Waals surface area contributed by atoms with Crippen molar-refractivity contribution in [2.24, 2.45) is 17.8 Å². The highest BCUT2D eigenvalue weighted by Crippen LogP contribution is 2.37. The third-order valence-corrected chi connectivity index (χ3v) is 9.66. The number of esters is 3. The molecule has 7 rings (SSSR count). The van der Waals surface area contributed by atoms with Gasteiger partial charge in [-0.25, -0.2) is 0 Å². The smallest absolute Gasteiger partial charge is 0.314 e. The highest BCUT2D eigenvalue weighted by atomic mass is 16.5. The second-order valence-electron chi connectivity index (χ2n) is 13.7. The Kier molecular flexibility index (Phi) is 10.7. The van der Waals surface area contributed by atoms with Gasteiger partial charge in [0.25, 0.3) is 0 Å². The molecule has 9 nitrogen and oxygen atoms in total. The number of carbonyl (C=O) groups excluding carboxylic acids is 3. The molecule has 0 N–H and O–H groups in total. The topological polar surface area (TPSA) is 118 Å². The van der Waals surface area contributed by atoms with E-state index in [9.17, 15) is 14.4 Å². The maximum atomic E-state index is 13.7. The van der Waals surface area contributed by atoms with Gasteiger partial charge in [0.2, 0.25) is 0 Å². The Morgan fingerprint density at radius 3 is 0.944 bits per heavy atom. The Balaban J connectivity index is 1.09. The third-order valence-electron chi connectivity index (χ3n) is 9.66. The minimum absolute atomic E-state index is 0.136. The van der Waals surface area contributed by atoms with E-state index < -0.39 is 35.7 Å². The first-order chi connectivity index (χ1) is 26.2. The summed E-state index contributed by atoms with van der Waals surface area (Å²) in [5.41, 5.74) is 7.69. The van der Waals surface area contributed by atoms with Crippen molar-refractivity contribution in [3.8, 4) is 51.0 Å². The van der Waals surface area contributed by atoms with Crippen molar-refractivity contribution >= 4 is 17.9 Å². The molecule has 6 aromatic rings. The minimum atomic E-state index is -0.788. The molecular formula is C45H39N3O6. The van der Waals surface area contributed by atoms with E-state index in [4.69, 9.17) is 14.2 Å². The van der Waals surface area contributed by atoms with E-state index in [0.717, 1.165) is 50.5 Å². The Hall–Kier alpha value is -6.48. The van der Waals surface area contributed by atoms with Gasteiger partial charge in [-0.1, -0.05) is 91.0 Å². The first-order valence-electron chi connectivity index (χ1n) is 17.9. The Labute approximate surface area is 314 Å². The molecule has 9 heteroatoms. The summed E-state index contributed by atoms with van der Waals surface area (Å²) >= 11 is 0. The molecule has 1 aliphatic carbocycles. The Bertz CT molecular complexity index is 2030. The third kappa shape index (κ3) is 8.26. The Morgan fingerprint density at radius 1 is 0.444 bits per heavy atom. The molecule has 0 aliphatic heterocycles. The van der Waals surface area contributed by atoms with Gasteiger partial charge in [-0.2, -0.15) is 0 Å². The summed E-state index contributed by atoms with van der Waals surface area (Å²) < 4.78 is 17.5. The molecule has 1 aliphatic rings. The number of hydrogen-bond donors (Lipinski definition) is 0. The van der Waals surface area contributed by atoms with Crippen LogP contribution in [-0.2, 0) is 14.4 Å². The van der Waals surface area contributed by atoms with Crippen LogP contribution in [0.15, 0.2) is 128 Å². The summed E-state index contributed by atoms with van der Waals surface area (Å²) in [6, 6.07) is 34.5. The lowest BCUT2D eigenvalue weighted by atomic mass is 9.75. The summed E-state index contributed by atoms with van der Waals surface area (Å²) in [5.74, 6) is -3.21. The van der Waals surface area contributed by atoms with E-state index in [1.165, 1.54) is 18.6 Å². The van der Waals surface area contributed by atoms with Crippen molar-refractivity contribution in [3.05, 3.63) is 144 Å². The molecule has 0 bridgehead atoms. The van der Waals surface area contributed by atoms with Crippen LogP contribution in [0.4, 0.5) is 0 Å². The Morgan fingerprint density at radius 2 is 0.704 bits per heavy atom. The molecule has 0 spiro atoms. The van der Waals surface area contributed by atoms with Crippen LogP contribution in [0.1, 0.15) is 36.0 Å². The lowest BCUT2D eigenvalue weighted by molar-refractivity contribution is -0.150. The summed E-state index contributed by atoms with van der Waals surface area (Å²) in [6.07, 6.45) is 4.94. The van der Waals surface area contributed by atoms with Gasteiger partial charge < -0.3 is 14.2 Å². The van der Waals surface area contributed by atoms with Gasteiger partial charge in [0, 0.05) is 16.7 Å². The van der Waals surface area contributed by atoms with E-state index >= 15 is 0 Å². The number of rotatable bonds is 9. The first-order valence-corrected chi connectivity index (χ1v) is 17.9. The standard InChI is InChI=1S/C45H39N3O6/c1-28-19-37(25-46-40(28)31-13-7-4-8-14-31)52-43(49)34-22-35(44(50)53-38-20-29(2)41(47-26-38)32-15-9-5-10-16-32)24-36(23-34)45(51)54-39-21-30(3)42(48-27-39)33-17-11-6-12-18-33/h4-21,25-27,34-36H,22-24H2,1-3H3. The van der Waals surface area contributed by atoms with Gasteiger partial charge in [-0.05, 0) is 74.9 Å². The second kappa shape index (κ2) is 16.0. The molecule has 0 radical (unpaired) electrons. The van der Waals surface area contributed by atoms with Crippen LogP contribution in [0.25, 0.3) is 33.8 Å². The summed E-state index contributed by atoms with van der Waals surface area (Å²) in [7, 11) is 0. The molecule has 1 saturated carbocycles. The number of hydrogen-bond acceptors (Lipinski definition) is 9. The fourth-order valence-corrected chi connectivity index (χ4v) is 7.00. The minimum Gasteiger partial charge on any atom is -0.425 e. The quantitative estimate of drug-likeness (QED) is 0.135. The van der Waals surface area contributed by atoms with E-state index in [-0.39, 0.29) is 36.5 Å². The van der Waals surface area contributed by atoms with Crippen molar-refractivity contribution in [3.63, 3.8) is 0 Å². The predicted octanol–water partition coefficient (Wildman–Crippen LogP) is 8.95. The molecule has 0 atom stereocenters. The van der Waals surface area contributed by atoms with Crippen molar-refractivity contribution in [1.29, 1.82) is 0 Å². The normalized spacial score (nSPS) is 16.6. The summed E-state index contributed by atoms with van der Waals surface area (Å²) in [5, 5.41) is 0. The average Bonchev–Trinajstić information content (AvgIpc) is 3.19. The highest BCUT2D eigenvalue weighted by Gasteiger charge is 2.42. The second-order valence-corrected chi connectivity index (χ2v) is 13.7. The van der Waals surface area contributed by atoms with Crippen LogP contribution >= 0.6 is 0 Å². The van der Waals surface area contributed by atoms with Crippen LogP contribution in [0.2, 0.25) is 0 Å². The van der Waals surface area contributed by atoms with Gasteiger partial charge in [0.05, 0.1) is 53.4 Å². The molecule has 270 valence electrons. The lowest BCUT2D eigenvalue weighted by Gasteiger charge is -2.31. The molecule has 3 heterocycles. The van der Waals surface area contributed by atoms with Crippen LogP contribution in [-0.4, -0.2) is 32.9 Å². The van der Waals surface area contributed by atoms with Crippen molar-refractivity contribution in [2.75, 3.05) is 0 Å².